The molecule has 1 atom stereocenters. The van der Waals surface area contributed by atoms with Crippen LogP contribution in [0, 0.1) is 0 Å². The lowest BCUT2D eigenvalue weighted by atomic mass is 10.1. The van der Waals surface area contributed by atoms with E-state index in [1.54, 1.807) is 41.3 Å². The third-order valence-electron chi connectivity index (χ3n) is 5.22. The number of rotatable bonds is 5. The molecule has 1 N–H and O–H groups in total. The van der Waals surface area contributed by atoms with Gasteiger partial charge in [-0.1, -0.05) is 29.8 Å². The molecular formula is C23H21ClN2O4S. The molecule has 160 valence electrons. The molecule has 1 heterocycles. The van der Waals surface area contributed by atoms with E-state index in [9.17, 15) is 13.2 Å². The molecule has 1 aliphatic heterocycles. The van der Waals surface area contributed by atoms with Crippen LogP contribution in [0.5, 0.6) is 5.75 Å². The topological polar surface area (TPSA) is 75.7 Å². The fraction of sp³-hybridized carbons (Fsp3) is 0.174. The van der Waals surface area contributed by atoms with Gasteiger partial charge in [-0.25, -0.2) is 8.42 Å². The molecule has 4 rings (SSSR count). The third-order valence-corrected chi connectivity index (χ3v) is 6.89. The Morgan fingerprint density at radius 1 is 1.10 bits per heavy atom. The SMILES string of the molecule is COc1ccc(NS(=O)(=O)c2ccc3c(c2)C[C@@H](C)N3C(=O)c2ccccc2)cc1Cl. The molecule has 0 saturated heterocycles. The molecule has 3 aromatic carbocycles. The van der Waals surface area contributed by atoms with Gasteiger partial charge in [0.25, 0.3) is 15.9 Å². The predicted octanol–water partition coefficient (Wildman–Crippen LogP) is 4.74. The van der Waals surface area contributed by atoms with Crippen molar-refractivity contribution in [2.45, 2.75) is 24.3 Å². The molecule has 1 amide bonds. The number of anilines is 2. The molecule has 0 unspecified atom stereocenters. The molecular weight excluding hydrogens is 436 g/mol. The number of methoxy groups -OCH3 is 1. The smallest absolute Gasteiger partial charge is 0.261 e. The maximum absolute atomic E-state index is 13.0. The highest BCUT2D eigenvalue weighted by Gasteiger charge is 2.32. The van der Waals surface area contributed by atoms with Gasteiger partial charge in [-0.05, 0) is 67.4 Å². The first-order valence-corrected chi connectivity index (χ1v) is 11.5. The van der Waals surface area contributed by atoms with Crippen molar-refractivity contribution in [1.82, 2.24) is 0 Å². The number of ether oxygens (including phenoxy) is 1. The minimum absolute atomic E-state index is 0.0750. The number of benzene rings is 3. The lowest BCUT2D eigenvalue weighted by Crippen LogP contribution is -2.35. The Morgan fingerprint density at radius 3 is 2.52 bits per heavy atom. The molecule has 1 aliphatic rings. The van der Waals surface area contributed by atoms with E-state index in [2.05, 4.69) is 4.72 Å². The molecule has 31 heavy (non-hydrogen) atoms. The Labute approximate surface area is 186 Å². The highest BCUT2D eigenvalue weighted by Crippen LogP contribution is 2.35. The van der Waals surface area contributed by atoms with Crippen LogP contribution in [-0.2, 0) is 16.4 Å². The Balaban J connectivity index is 1.62. The van der Waals surface area contributed by atoms with Gasteiger partial charge in [0.2, 0.25) is 0 Å². The molecule has 3 aromatic rings. The monoisotopic (exact) mass is 456 g/mol. The van der Waals surface area contributed by atoms with Crippen molar-refractivity contribution >= 4 is 38.9 Å². The Kier molecular flexibility index (Phi) is 5.64. The number of nitrogens with zero attached hydrogens (tertiary/aromatic N) is 1. The number of nitrogens with one attached hydrogen (secondary N) is 1. The fourth-order valence-corrected chi connectivity index (χ4v) is 5.11. The van der Waals surface area contributed by atoms with Crippen LogP contribution in [0.3, 0.4) is 0 Å². The summed E-state index contributed by atoms with van der Waals surface area (Å²) in [5.74, 6) is 0.354. The summed E-state index contributed by atoms with van der Waals surface area (Å²) >= 11 is 6.10. The van der Waals surface area contributed by atoms with E-state index in [0.717, 1.165) is 11.3 Å². The van der Waals surface area contributed by atoms with Gasteiger partial charge >= 0.3 is 0 Å². The highest BCUT2D eigenvalue weighted by atomic mass is 35.5. The van der Waals surface area contributed by atoms with Crippen LogP contribution in [0.4, 0.5) is 11.4 Å². The summed E-state index contributed by atoms with van der Waals surface area (Å²) in [5, 5.41) is 0.306. The molecule has 0 spiro atoms. The molecule has 0 saturated carbocycles. The maximum atomic E-state index is 13.0. The summed E-state index contributed by atoms with van der Waals surface area (Å²) in [6.07, 6.45) is 0.575. The lowest BCUT2D eigenvalue weighted by molar-refractivity contribution is 0.0981. The number of halogens is 1. The van der Waals surface area contributed by atoms with Crippen LogP contribution in [0.1, 0.15) is 22.8 Å². The third kappa shape index (κ3) is 4.11. The zero-order valence-electron chi connectivity index (χ0n) is 17.0. The van der Waals surface area contributed by atoms with Crippen LogP contribution in [0.15, 0.2) is 71.6 Å². The van der Waals surface area contributed by atoms with Crippen molar-refractivity contribution in [2.75, 3.05) is 16.7 Å². The first kappa shape index (κ1) is 21.2. The summed E-state index contributed by atoms with van der Waals surface area (Å²) in [4.78, 5) is 14.8. The molecule has 0 aliphatic carbocycles. The van der Waals surface area contributed by atoms with Crippen molar-refractivity contribution in [3.05, 3.63) is 82.9 Å². The van der Waals surface area contributed by atoms with Gasteiger partial charge in [-0.15, -0.1) is 0 Å². The zero-order valence-corrected chi connectivity index (χ0v) is 18.6. The van der Waals surface area contributed by atoms with E-state index in [1.807, 2.05) is 25.1 Å². The molecule has 0 bridgehead atoms. The number of carbonyl (C=O) groups is 1. The largest absolute Gasteiger partial charge is 0.495 e. The normalized spacial score (nSPS) is 15.5. The van der Waals surface area contributed by atoms with Gasteiger partial charge in [-0.3, -0.25) is 9.52 Å². The van der Waals surface area contributed by atoms with Crippen molar-refractivity contribution in [3.8, 4) is 5.75 Å². The summed E-state index contributed by atoms with van der Waals surface area (Å²) < 4.78 is 33.5. The first-order valence-electron chi connectivity index (χ1n) is 9.68. The second-order valence-corrected chi connectivity index (χ2v) is 9.43. The summed E-state index contributed by atoms with van der Waals surface area (Å²) in [6, 6.07) is 18.5. The Hall–Kier alpha value is -3.03. The minimum atomic E-state index is -3.83. The van der Waals surface area contributed by atoms with E-state index in [-0.39, 0.29) is 16.8 Å². The first-order chi connectivity index (χ1) is 14.8. The number of fused-ring (bicyclic) bond motifs is 1. The number of sulfonamides is 1. The van der Waals surface area contributed by atoms with Crippen molar-refractivity contribution in [3.63, 3.8) is 0 Å². The summed E-state index contributed by atoms with van der Waals surface area (Å²) in [5.41, 5.74) is 2.47. The van der Waals surface area contributed by atoms with E-state index in [4.69, 9.17) is 16.3 Å². The molecule has 0 radical (unpaired) electrons. The van der Waals surface area contributed by atoms with Crippen molar-refractivity contribution in [2.24, 2.45) is 0 Å². The lowest BCUT2D eigenvalue weighted by Gasteiger charge is -2.23. The molecule has 0 fully saturated rings. The Morgan fingerprint density at radius 2 is 1.84 bits per heavy atom. The van der Waals surface area contributed by atoms with Gasteiger partial charge in [0.05, 0.1) is 22.7 Å². The predicted molar refractivity (Wildman–Crippen MR) is 122 cm³/mol. The average Bonchev–Trinajstić information content (AvgIpc) is 3.08. The van der Waals surface area contributed by atoms with Crippen molar-refractivity contribution in [1.29, 1.82) is 0 Å². The van der Waals surface area contributed by atoms with E-state index in [1.165, 1.54) is 19.2 Å². The number of hydrogen-bond donors (Lipinski definition) is 1. The summed E-state index contributed by atoms with van der Waals surface area (Å²) in [6.45, 7) is 1.95. The highest BCUT2D eigenvalue weighted by molar-refractivity contribution is 7.92. The average molecular weight is 457 g/mol. The van der Waals surface area contributed by atoms with Crippen LogP contribution < -0.4 is 14.4 Å². The molecule has 0 aromatic heterocycles. The molecule has 6 nitrogen and oxygen atoms in total. The van der Waals surface area contributed by atoms with Crippen molar-refractivity contribution < 1.29 is 17.9 Å². The standard InChI is InChI=1S/C23H21ClN2O4S/c1-15-12-17-13-19(31(28,29)25-18-8-11-22(30-2)20(24)14-18)9-10-21(17)26(15)23(27)16-6-4-3-5-7-16/h3-11,13-15,25H,12H2,1-2H3/t15-/m1/s1. The fourth-order valence-electron chi connectivity index (χ4n) is 3.75. The van der Waals surface area contributed by atoms with Gasteiger partial charge in [0.15, 0.2) is 0 Å². The van der Waals surface area contributed by atoms with Crippen LogP contribution in [0.2, 0.25) is 5.02 Å². The van der Waals surface area contributed by atoms with Gasteiger partial charge in [0.1, 0.15) is 5.75 Å². The van der Waals surface area contributed by atoms with E-state index in [0.29, 0.717) is 28.4 Å². The van der Waals surface area contributed by atoms with Crippen LogP contribution >= 0.6 is 11.6 Å². The summed E-state index contributed by atoms with van der Waals surface area (Å²) in [7, 11) is -2.34. The van der Waals surface area contributed by atoms with Crippen LogP contribution in [0.25, 0.3) is 0 Å². The van der Waals surface area contributed by atoms with Gasteiger partial charge < -0.3 is 9.64 Å². The van der Waals surface area contributed by atoms with Crippen LogP contribution in [-0.4, -0.2) is 27.5 Å². The Bertz CT molecular complexity index is 1250. The second-order valence-electron chi connectivity index (χ2n) is 7.34. The maximum Gasteiger partial charge on any atom is 0.261 e. The van der Waals surface area contributed by atoms with Gasteiger partial charge in [0, 0.05) is 17.3 Å². The molecule has 8 heteroatoms. The minimum Gasteiger partial charge on any atom is -0.495 e. The van der Waals surface area contributed by atoms with Gasteiger partial charge in [-0.2, -0.15) is 0 Å². The number of carbonyl (C=O) groups excluding carboxylic acids is 1. The van der Waals surface area contributed by atoms with E-state index >= 15 is 0 Å². The quantitative estimate of drug-likeness (QED) is 0.601. The zero-order chi connectivity index (χ0) is 22.2. The second kappa shape index (κ2) is 8.24. The number of hydrogen-bond acceptors (Lipinski definition) is 4. The number of amides is 1. The van der Waals surface area contributed by atoms with E-state index < -0.39 is 10.0 Å².